The summed E-state index contributed by atoms with van der Waals surface area (Å²) in [5.41, 5.74) is 8.02. The molecular formula is C13H19N3OS. The van der Waals surface area contributed by atoms with Gasteiger partial charge in [0.05, 0.1) is 0 Å². The number of nitrogens with one attached hydrogen (secondary N) is 2. The molecule has 0 radical (unpaired) electrons. The minimum Gasteiger partial charge on any atom is -0.389 e. The molecule has 5 heteroatoms. The first-order valence-corrected chi connectivity index (χ1v) is 6.40. The first kappa shape index (κ1) is 14.4. The zero-order chi connectivity index (χ0) is 13.5. The SMILES string of the molecule is CCCCNC(=O)Nc1cc(C(N)=S)ccc1C. The lowest BCUT2D eigenvalue weighted by molar-refractivity contribution is 0.252. The Morgan fingerprint density at radius 3 is 2.78 bits per heavy atom. The van der Waals surface area contributed by atoms with E-state index < -0.39 is 0 Å². The number of carbonyl (C=O) groups excluding carboxylic acids is 1. The maximum absolute atomic E-state index is 11.6. The Labute approximate surface area is 113 Å². The lowest BCUT2D eigenvalue weighted by Crippen LogP contribution is -2.29. The monoisotopic (exact) mass is 265 g/mol. The van der Waals surface area contributed by atoms with Gasteiger partial charge >= 0.3 is 6.03 Å². The van der Waals surface area contributed by atoms with Crippen LogP contribution in [0.1, 0.15) is 30.9 Å². The highest BCUT2D eigenvalue weighted by atomic mass is 32.1. The van der Waals surface area contributed by atoms with E-state index in [1.54, 1.807) is 6.07 Å². The second kappa shape index (κ2) is 6.96. The third kappa shape index (κ3) is 4.33. The highest BCUT2D eigenvalue weighted by molar-refractivity contribution is 7.80. The lowest BCUT2D eigenvalue weighted by atomic mass is 10.1. The zero-order valence-corrected chi connectivity index (χ0v) is 11.6. The molecule has 0 aliphatic heterocycles. The predicted molar refractivity (Wildman–Crippen MR) is 79.0 cm³/mol. The topological polar surface area (TPSA) is 67.2 Å². The molecule has 0 aliphatic carbocycles. The molecule has 0 bridgehead atoms. The number of urea groups is 1. The van der Waals surface area contributed by atoms with E-state index in [2.05, 4.69) is 17.6 Å². The maximum Gasteiger partial charge on any atom is 0.319 e. The van der Waals surface area contributed by atoms with Crippen LogP contribution in [-0.2, 0) is 0 Å². The number of aryl methyl sites for hydroxylation is 1. The van der Waals surface area contributed by atoms with E-state index in [0.29, 0.717) is 11.5 Å². The first-order chi connectivity index (χ1) is 8.54. The van der Waals surface area contributed by atoms with Gasteiger partial charge in [0.2, 0.25) is 0 Å². The van der Waals surface area contributed by atoms with Crippen LogP contribution >= 0.6 is 12.2 Å². The molecule has 2 amide bonds. The molecule has 4 nitrogen and oxygen atoms in total. The van der Waals surface area contributed by atoms with Crippen molar-refractivity contribution < 1.29 is 4.79 Å². The van der Waals surface area contributed by atoms with E-state index in [9.17, 15) is 4.79 Å². The van der Waals surface area contributed by atoms with Gasteiger partial charge in [-0.15, -0.1) is 0 Å². The summed E-state index contributed by atoms with van der Waals surface area (Å²) < 4.78 is 0. The van der Waals surface area contributed by atoms with Crippen LogP contribution in [0.3, 0.4) is 0 Å². The van der Waals surface area contributed by atoms with Crippen molar-refractivity contribution in [3.8, 4) is 0 Å². The van der Waals surface area contributed by atoms with Gasteiger partial charge in [0.15, 0.2) is 0 Å². The Balaban J connectivity index is 2.68. The Morgan fingerprint density at radius 2 is 2.17 bits per heavy atom. The van der Waals surface area contributed by atoms with Crippen LogP contribution in [0, 0.1) is 6.92 Å². The highest BCUT2D eigenvalue weighted by Crippen LogP contribution is 2.16. The van der Waals surface area contributed by atoms with Gasteiger partial charge in [0.25, 0.3) is 0 Å². The standard InChI is InChI=1S/C13H19N3OS/c1-3-4-7-15-13(17)16-11-8-10(12(14)18)6-5-9(11)2/h5-6,8H,3-4,7H2,1-2H3,(H2,14,18)(H2,15,16,17). The van der Waals surface area contributed by atoms with Crippen LogP contribution in [0.4, 0.5) is 10.5 Å². The number of benzene rings is 1. The molecule has 0 aromatic heterocycles. The van der Waals surface area contributed by atoms with Crippen LogP contribution in [0.25, 0.3) is 0 Å². The van der Waals surface area contributed by atoms with Crippen molar-refractivity contribution in [2.45, 2.75) is 26.7 Å². The molecule has 0 aliphatic rings. The Hall–Kier alpha value is -1.62. The van der Waals surface area contributed by atoms with Gasteiger partial charge in [-0.25, -0.2) is 4.79 Å². The van der Waals surface area contributed by atoms with Gasteiger partial charge in [-0.1, -0.05) is 37.7 Å². The van der Waals surface area contributed by atoms with E-state index in [1.165, 1.54) is 0 Å². The summed E-state index contributed by atoms with van der Waals surface area (Å²) >= 11 is 4.91. The molecule has 0 atom stereocenters. The molecule has 4 N–H and O–H groups in total. The minimum absolute atomic E-state index is 0.202. The molecule has 98 valence electrons. The van der Waals surface area contributed by atoms with Gasteiger partial charge in [-0.05, 0) is 25.0 Å². The fourth-order valence-electron chi connectivity index (χ4n) is 1.46. The van der Waals surface area contributed by atoms with E-state index in [-0.39, 0.29) is 6.03 Å². The second-order valence-corrected chi connectivity index (χ2v) is 4.57. The van der Waals surface area contributed by atoms with Crippen molar-refractivity contribution in [3.63, 3.8) is 0 Å². The van der Waals surface area contributed by atoms with Crippen LogP contribution in [0.5, 0.6) is 0 Å². The molecule has 18 heavy (non-hydrogen) atoms. The number of carbonyl (C=O) groups is 1. The normalized spacial score (nSPS) is 9.89. The summed E-state index contributed by atoms with van der Waals surface area (Å²) in [5, 5.41) is 5.59. The van der Waals surface area contributed by atoms with Gasteiger partial charge in [-0.3, -0.25) is 0 Å². The third-order valence-electron chi connectivity index (χ3n) is 2.59. The van der Waals surface area contributed by atoms with E-state index in [4.69, 9.17) is 18.0 Å². The molecule has 0 heterocycles. The Bertz CT molecular complexity index is 446. The van der Waals surface area contributed by atoms with Crippen molar-refractivity contribution in [3.05, 3.63) is 29.3 Å². The van der Waals surface area contributed by atoms with Crippen molar-refractivity contribution in [1.29, 1.82) is 0 Å². The predicted octanol–water partition coefficient (Wildman–Crippen LogP) is 2.55. The summed E-state index contributed by atoms with van der Waals surface area (Å²) in [5.74, 6) is 0. The van der Waals surface area contributed by atoms with Gasteiger partial charge in [0, 0.05) is 17.8 Å². The first-order valence-electron chi connectivity index (χ1n) is 6.00. The van der Waals surface area contributed by atoms with Gasteiger partial charge < -0.3 is 16.4 Å². The second-order valence-electron chi connectivity index (χ2n) is 4.13. The molecule has 0 unspecified atom stereocenters. The number of anilines is 1. The molecule has 1 aromatic carbocycles. The van der Waals surface area contributed by atoms with Gasteiger partial charge in [0.1, 0.15) is 4.99 Å². The number of hydrogen-bond donors (Lipinski definition) is 3. The van der Waals surface area contributed by atoms with Crippen LogP contribution in [0.15, 0.2) is 18.2 Å². The van der Waals surface area contributed by atoms with Crippen LogP contribution in [0.2, 0.25) is 0 Å². The van der Waals surface area contributed by atoms with Crippen LogP contribution in [-0.4, -0.2) is 17.6 Å². The summed E-state index contributed by atoms with van der Waals surface area (Å²) in [6.45, 7) is 4.68. The molecule has 1 rings (SSSR count). The summed E-state index contributed by atoms with van der Waals surface area (Å²) in [4.78, 5) is 12.0. The largest absolute Gasteiger partial charge is 0.389 e. The number of rotatable bonds is 5. The quantitative estimate of drug-likeness (QED) is 0.566. The molecular weight excluding hydrogens is 246 g/mol. The smallest absolute Gasteiger partial charge is 0.319 e. The molecule has 0 saturated carbocycles. The number of amides is 2. The third-order valence-corrected chi connectivity index (χ3v) is 2.82. The highest BCUT2D eigenvalue weighted by Gasteiger charge is 2.06. The summed E-state index contributed by atoms with van der Waals surface area (Å²) in [7, 11) is 0. The van der Waals surface area contributed by atoms with Crippen molar-refractivity contribution >= 4 is 28.9 Å². The minimum atomic E-state index is -0.202. The maximum atomic E-state index is 11.6. The van der Waals surface area contributed by atoms with Crippen molar-refractivity contribution in [2.75, 3.05) is 11.9 Å². The molecule has 1 aromatic rings. The van der Waals surface area contributed by atoms with E-state index in [0.717, 1.165) is 29.7 Å². The summed E-state index contributed by atoms with van der Waals surface area (Å²) in [6.07, 6.45) is 2.02. The van der Waals surface area contributed by atoms with Crippen LogP contribution < -0.4 is 16.4 Å². The Kier molecular flexibility index (Phi) is 5.58. The Morgan fingerprint density at radius 1 is 1.44 bits per heavy atom. The lowest BCUT2D eigenvalue weighted by Gasteiger charge is -2.11. The van der Waals surface area contributed by atoms with E-state index >= 15 is 0 Å². The fourth-order valence-corrected chi connectivity index (χ4v) is 1.58. The number of nitrogens with two attached hydrogens (primary N) is 1. The van der Waals surface area contributed by atoms with Gasteiger partial charge in [-0.2, -0.15) is 0 Å². The average molecular weight is 265 g/mol. The molecule has 0 saturated heterocycles. The average Bonchev–Trinajstić information content (AvgIpc) is 2.32. The molecule has 0 fully saturated rings. The molecule has 0 spiro atoms. The number of thiocarbonyl (C=S) groups is 1. The fraction of sp³-hybridized carbons (Fsp3) is 0.385. The number of hydrogen-bond acceptors (Lipinski definition) is 2. The van der Waals surface area contributed by atoms with E-state index in [1.807, 2.05) is 19.1 Å². The zero-order valence-electron chi connectivity index (χ0n) is 10.7. The van der Waals surface area contributed by atoms with Crippen molar-refractivity contribution in [2.24, 2.45) is 5.73 Å². The van der Waals surface area contributed by atoms with Crippen molar-refractivity contribution in [1.82, 2.24) is 5.32 Å². The number of unbranched alkanes of at least 4 members (excludes halogenated alkanes) is 1. The summed E-state index contributed by atoms with van der Waals surface area (Å²) in [6, 6.07) is 5.32.